The molecule has 2 heterocycles. The van der Waals surface area contributed by atoms with Gasteiger partial charge in [0.05, 0.1) is 4.90 Å². The Labute approximate surface area is 162 Å². The van der Waals surface area contributed by atoms with Crippen LogP contribution in [0.25, 0.3) is 0 Å². The van der Waals surface area contributed by atoms with Crippen LogP contribution in [0.2, 0.25) is 0 Å². The van der Waals surface area contributed by atoms with Crippen LogP contribution in [-0.4, -0.2) is 45.4 Å². The van der Waals surface area contributed by atoms with Gasteiger partial charge in [-0.25, -0.2) is 8.42 Å². The minimum absolute atomic E-state index is 0.386. The van der Waals surface area contributed by atoms with Crippen molar-refractivity contribution in [1.82, 2.24) is 4.31 Å². The first-order valence-corrected chi connectivity index (χ1v) is 11.1. The fraction of sp³-hybridized carbons (Fsp3) is 0.429. The van der Waals surface area contributed by atoms with Gasteiger partial charge in [-0.3, -0.25) is 0 Å². The monoisotopic (exact) mass is 385 g/mol. The SMILES string of the molecule is Cc1ccc(S(=O)(=O)N2CCN(c3cccc4c3CC(C)CN4)CC2)cc1. The molecule has 1 saturated heterocycles. The highest BCUT2D eigenvalue weighted by molar-refractivity contribution is 7.89. The molecule has 2 aromatic carbocycles. The summed E-state index contributed by atoms with van der Waals surface area (Å²) in [5.41, 5.74) is 4.90. The summed E-state index contributed by atoms with van der Waals surface area (Å²) in [6, 6.07) is 13.5. The molecule has 0 amide bonds. The number of fused-ring (bicyclic) bond motifs is 1. The Balaban J connectivity index is 1.51. The highest BCUT2D eigenvalue weighted by Crippen LogP contribution is 2.34. The Morgan fingerprint density at radius 1 is 1.00 bits per heavy atom. The van der Waals surface area contributed by atoms with Gasteiger partial charge in [0, 0.05) is 44.1 Å². The number of nitrogens with zero attached hydrogens (tertiary/aromatic N) is 2. The Hall–Kier alpha value is -2.05. The topological polar surface area (TPSA) is 52.7 Å². The van der Waals surface area contributed by atoms with E-state index in [1.165, 1.54) is 16.9 Å². The maximum atomic E-state index is 12.9. The summed E-state index contributed by atoms with van der Waals surface area (Å²) in [7, 11) is -3.42. The van der Waals surface area contributed by atoms with E-state index in [1.54, 1.807) is 16.4 Å². The van der Waals surface area contributed by atoms with E-state index < -0.39 is 10.0 Å². The van der Waals surface area contributed by atoms with E-state index in [9.17, 15) is 8.42 Å². The van der Waals surface area contributed by atoms with Crippen LogP contribution in [0, 0.1) is 12.8 Å². The lowest BCUT2D eigenvalue weighted by Crippen LogP contribution is -2.49. The smallest absolute Gasteiger partial charge is 0.243 e. The number of rotatable bonds is 3. The third-order valence-electron chi connectivity index (χ3n) is 5.58. The predicted octanol–water partition coefficient (Wildman–Crippen LogP) is 3.11. The van der Waals surface area contributed by atoms with Crippen LogP contribution in [0.1, 0.15) is 18.1 Å². The van der Waals surface area contributed by atoms with Crippen molar-refractivity contribution in [2.75, 3.05) is 42.9 Å². The number of benzene rings is 2. The molecule has 0 aromatic heterocycles. The molecule has 4 rings (SSSR count). The zero-order valence-electron chi connectivity index (χ0n) is 16.0. The molecule has 5 nitrogen and oxygen atoms in total. The highest BCUT2D eigenvalue weighted by Gasteiger charge is 2.30. The summed E-state index contributed by atoms with van der Waals surface area (Å²) in [5.74, 6) is 0.613. The van der Waals surface area contributed by atoms with Gasteiger partial charge in [-0.05, 0) is 49.1 Å². The number of hydrogen-bond donors (Lipinski definition) is 1. The number of aryl methyl sites for hydroxylation is 1. The minimum atomic E-state index is -3.42. The van der Waals surface area contributed by atoms with Gasteiger partial charge in [0.2, 0.25) is 10.0 Å². The summed E-state index contributed by atoms with van der Waals surface area (Å²) in [6.07, 6.45) is 1.07. The fourth-order valence-corrected chi connectivity index (χ4v) is 5.41. The molecular weight excluding hydrogens is 358 g/mol. The van der Waals surface area contributed by atoms with Crippen LogP contribution < -0.4 is 10.2 Å². The van der Waals surface area contributed by atoms with Crippen molar-refractivity contribution in [3.8, 4) is 0 Å². The number of anilines is 2. The molecule has 2 aliphatic rings. The van der Waals surface area contributed by atoms with Crippen LogP contribution in [0.3, 0.4) is 0 Å². The minimum Gasteiger partial charge on any atom is -0.384 e. The molecule has 1 fully saturated rings. The van der Waals surface area contributed by atoms with E-state index in [-0.39, 0.29) is 0 Å². The molecule has 0 aliphatic carbocycles. The summed E-state index contributed by atoms with van der Waals surface area (Å²) >= 11 is 0. The Morgan fingerprint density at radius 2 is 1.70 bits per heavy atom. The van der Waals surface area contributed by atoms with Crippen molar-refractivity contribution in [3.63, 3.8) is 0 Å². The summed E-state index contributed by atoms with van der Waals surface area (Å²) in [5, 5.41) is 3.52. The van der Waals surface area contributed by atoms with Crippen molar-refractivity contribution in [2.24, 2.45) is 5.92 Å². The molecule has 0 radical (unpaired) electrons. The molecule has 144 valence electrons. The van der Waals surface area contributed by atoms with Crippen molar-refractivity contribution in [2.45, 2.75) is 25.2 Å². The van der Waals surface area contributed by atoms with Gasteiger partial charge < -0.3 is 10.2 Å². The summed E-state index contributed by atoms with van der Waals surface area (Å²) in [4.78, 5) is 2.72. The van der Waals surface area contributed by atoms with E-state index in [4.69, 9.17) is 0 Å². The van der Waals surface area contributed by atoms with Gasteiger partial charge in [-0.2, -0.15) is 4.31 Å². The Bertz CT molecular complexity index is 917. The van der Waals surface area contributed by atoms with Crippen LogP contribution in [0.4, 0.5) is 11.4 Å². The first kappa shape index (κ1) is 18.3. The number of nitrogens with one attached hydrogen (secondary N) is 1. The second-order valence-electron chi connectivity index (χ2n) is 7.70. The number of sulfonamides is 1. The van der Waals surface area contributed by atoms with E-state index in [0.717, 1.165) is 31.6 Å². The Kier molecular flexibility index (Phi) is 4.86. The maximum absolute atomic E-state index is 12.9. The average molecular weight is 386 g/mol. The quantitative estimate of drug-likeness (QED) is 0.882. The molecule has 1 atom stereocenters. The first-order valence-electron chi connectivity index (χ1n) is 9.62. The van der Waals surface area contributed by atoms with Crippen LogP contribution >= 0.6 is 0 Å². The molecule has 0 saturated carbocycles. The van der Waals surface area contributed by atoms with Gasteiger partial charge in [-0.15, -0.1) is 0 Å². The third-order valence-corrected chi connectivity index (χ3v) is 7.50. The van der Waals surface area contributed by atoms with Crippen LogP contribution in [0.5, 0.6) is 0 Å². The molecule has 1 unspecified atom stereocenters. The van der Waals surface area contributed by atoms with Crippen molar-refractivity contribution in [3.05, 3.63) is 53.6 Å². The second-order valence-corrected chi connectivity index (χ2v) is 9.64. The molecule has 2 aliphatic heterocycles. The van der Waals surface area contributed by atoms with Gasteiger partial charge in [-0.1, -0.05) is 30.7 Å². The molecule has 0 spiro atoms. The molecule has 6 heteroatoms. The second kappa shape index (κ2) is 7.17. The normalized spacial score (nSPS) is 20.8. The molecule has 2 aromatic rings. The van der Waals surface area contributed by atoms with Gasteiger partial charge in [0.1, 0.15) is 0 Å². The van der Waals surface area contributed by atoms with Crippen LogP contribution in [0.15, 0.2) is 47.4 Å². The number of hydrogen-bond acceptors (Lipinski definition) is 4. The van der Waals surface area contributed by atoms with Gasteiger partial charge in [0.25, 0.3) is 0 Å². The van der Waals surface area contributed by atoms with Crippen molar-refractivity contribution < 1.29 is 8.42 Å². The zero-order chi connectivity index (χ0) is 19.0. The lowest BCUT2D eigenvalue weighted by molar-refractivity contribution is 0.384. The van der Waals surface area contributed by atoms with E-state index in [2.05, 4.69) is 35.3 Å². The van der Waals surface area contributed by atoms with E-state index in [0.29, 0.717) is 23.9 Å². The highest BCUT2D eigenvalue weighted by atomic mass is 32.2. The average Bonchev–Trinajstić information content (AvgIpc) is 2.68. The molecule has 0 bridgehead atoms. The van der Waals surface area contributed by atoms with E-state index in [1.807, 2.05) is 19.1 Å². The largest absolute Gasteiger partial charge is 0.384 e. The van der Waals surface area contributed by atoms with Gasteiger partial charge >= 0.3 is 0 Å². The molecule has 27 heavy (non-hydrogen) atoms. The molecular formula is C21H27N3O2S. The Morgan fingerprint density at radius 3 is 2.41 bits per heavy atom. The zero-order valence-corrected chi connectivity index (χ0v) is 16.8. The summed E-state index contributed by atoms with van der Waals surface area (Å²) in [6.45, 7) is 7.71. The lowest BCUT2D eigenvalue weighted by atomic mass is 9.93. The van der Waals surface area contributed by atoms with Gasteiger partial charge in [0.15, 0.2) is 0 Å². The molecule has 1 N–H and O–H groups in total. The number of piperazine rings is 1. The maximum Gasteiger partial charge on any atom is 0.243 e. The third kappa shape index (κ3) is 3.56. The fourth-order valence-electron chi connectivity index (χ4n) is 3.98. The van der Waals surface area contributed by atoms with Crippen LogP contribution in [-0.2, 0) is 16.4 Å². The van der Waals surface area contributed by atoms with E-state index >= 15 is 0 Å². The first-order chi connectivity index (χ1) is 12.9. The summed E-state index contributed by atoms with van der Waals surface area (Å²) < 4.78 is 27.4. The standard InChI is InChI=1S/C21H27N3O2S/c1-16-6-8-18(9-7-16)27(25,26)24-12-10-23(11-13-24)21-5-3-4-20-19(21)14-17(2)15-22-20/h3-9,17,22H,10-15H2,1-2H3. The predicted molar refractivity (Wildman–Crippen MR) is 110 cm³/mol. The van der Waals surface area contributed by atoms with Crippen molar-refractivity contribution >= 4 is 21.4 Å². The van der Waals surface area contributed by atoms with Crippen molar-refractivity contribution in [1.29, 1.82) is 0 Å². The lowest BCUT2D eigenvalue weighted by Gasteiger charge is -2.38.